The smallest absolute Gasteiger partial charge is 0.251 e. The van der Waals surface area contributed by atoms with Crippen LogP contribution in [-0.4, -0.2) is 66.3 Å². The minimum Gasteiger partial charge on any atom is -0.478 e. The predicted octanol–water partition coefficient (Wildman–Crippen LogP) is 3.25. The first-order valence-electron chi connectivity index (χ1n) is 12.6. The van der Waals surface area contributed by atoms with Crippen LogP contribution in [0.4, 0.5) is 11.4 Å². The molecular formula is C28H30N6O3. The molecule has 3 N–H and O–H groups in total. The second-order valence-corrected chi connectivity index (χ2v) is 9.20. The molecule has 4 heterocycles. The molecule has 1 fully saturated rings. The third-order valence-corrected chi connectivity index (χ3v) is 6.79. The molecule has 0 saturated carbocycles. The second-order valence-electron chi connectivity index (χ2n) is 9.20. The van der Waals surface area contributed by atoms with Crippen LogP contribution >= 0.6 is 0 Å². The van der Waals surface area contributed by atoms with Crippen LogP contribution in [0, 0.1) is 0 Å². The van der Waals surface area contributed by atoms with Gasteiger partial charge in [-0.3, -0.25) is 19.4 Å². The van der Waals surface area contributed by atoms with Gasteiger partial charge in [0.25, 0.3) is 5.91 Å². The van der Waals surface area contributed by atoms with Gasteiger partial charge in [0.2, 0.25) is 0 Å². The van der Waals surface area contributed by atoms with Crippen LogP contribution in [0.5, 0.6) is 5.75 Å². The topological polar surface area (TPSA) is 92.2 Å². The molecule has 0 radical (unpaired) electrons. The van der Waals surface area contributed by atoms with Gasteiger partial charge in [-0.1, -0.05) is 0 Å². The zero-order valence-corrected chi connectivity index (χ0v) is 20.6. The van der Waals surface area contributed by atoms with Crippen LogP contribution in [-0.2, 0) is 11.3 Å². The van der Waals surface area contributed by atoms with E-state index in [0.717, 1.165) is 79.0 Å². The molecule has 2 aliphatic heterocycles. The lowest BCUT2D eigenvalue weighted by atomic mass is 10.1. The van der Waals surface area contributed by atoms with E-state index < -0.39 is 0 Å². The number of carbonyl (C=O) groups is 1. The molecule has 37 heavy (non-hydrogen) atoms. The molecule has 0 spiro atoms. The normalized spacial score (nSPS) is 15.7. The summed E-state index contributed by atoms with van der Waals surface area (Å²) < 4.78 is 13.1. The van der Waals surface area contributed by atoms with E-state index in [2.05, 4.69) is 48.4 Å². The summed E-state index contributed by atoms with van der Waals surface area (Å²) in [6.07, 6.45) is 3.77. The highest BCUT2D eigenvalue weighted by Gasteiger charge is 2.15. The molecule has 0 unspecified atom stereocenters. The van der Waals surface area contributed by atoms with Crippen LogP contribution in [0.3, 0.4) is 0 Å². The molecule has 2 aromatic carbocycles. The Morgan fingerprint density at radius 3 is 2.78 bits per heavy atom. The third-order valence-electron chi connectivity index (χ3n) is 6.79. The van der Waals surface area contributed by atoms with E-state index in [4.69, 9.17) is 9.47 Å². The number of aromatic nitrogens is 2. The van der Waals surface area contributed by atoms with Crippen LogP contribution in [0.25, 0.3) is 16.9 Å². The number of rotatable bonds is 7. The van der Waals surface area contributed by atoms with Crippen molar-refractivity contribution < 1.29 is 14.3 Å². The summed E-state index contributed by atoms with van der Waals surface area (Å²) >= 11 is 0. The molecule has 0 atom stereocenters. The fraction of sp³-hybridized carbons (Fsp3) is 0.286. The molecule has 190 valence electrons. The lowest BCUT2D eigenvalue weighted by Gasteiger charge is -2.26. The lowest BCUT2D eigenvalue weighted by Crippen LogP contribution is -2.41. The average molecular weight is 499 g/mol. The Morgan fingerprint density at radius 1 is 1.05 bits per heavy atom. The minimum atomic E-state index is -0.0644. The highest BCUT2D eigenvalue weighted by Crippen LogP contribution is 2.31. The maximum atomic E-state index is 12.6. The molecule has 9 nitrogen and oxygen atoms in total. The molecule has 0 aliphatic carbocycles. The minimum absolute atomic E-state index is 0.0644. The number of morpholine rings is 1. The Bertz CT molecular complexity index is 1400. The van der Waals surface area contributed by atoms with Crippen LogP contribution in [0.2, 0.25) is 0 Å². The van der Waals surface area contributed by atoms with E-state index in [9.17, 15) is 4.79 Å². The van der Waals surface area contributed by atoms with Crippen molar-refractivity contribution in [3.05, 3.63) is 78.1 Å². The zero-order chi connectivity index (χ0) is 25.0. The monoisotopic (exact) mass is 498 g/mol. The number of ether oxygens (including phenoxy) is 2. The molecule has 0 bridgehead atoms. The molecule has 2 aromatic heterocycles. The Hall–Kier alpha value is -3.92. The van der Waals surface area contributed by atoms with Crippen molar-refractivity contribution in [1.82, 2.24) is 24.9 Å². The maximum absolute atomic E-state index is 12.6. The molecule has 2 aliphatic rings. The van der Waals surface area contributed by atoms with Gasteiger partial charge in [0.1, 0.15) is 12.5 Å². The number of imidazole rings is 1. The second kappa shape index (κ2) is 10.6. The van der Waals surface area contributed by atoms with E-state index in [0.29, 0.717) is 18.8 Å². The van der Waals surface area contributed by atoms with E-state index in [1.165, 1.54) is 0 Å². The molecule has 6 rings (SSSR count). The average Bonchev–Trinajstić information content (AvgIpc) is 3.45. The van der Waals surface area contributed by atoms with Crippen molar-refractivity contribution in [2.45, 2.75) is 6.54 Å². The van der Waals surface area contributed by atoms with Crippen molar-refractivity contribution >= 4 is 22.9 Å². The summed E-state index contributed by atoms with van der Waals surface area (Å²) in [5.41, 5.74) is 6.54. The summed E-state index contributed by atoms with van der Waals surface area (Å²) in [7, 11) is 0. The van der Waals surface area contributed by atoms with Crippen LogP contribution in [0.1, 0.15) is 15.9 Å². The predicted molar refractivity (Wildman–Crippen MR) is 142 cm³/mol. The van der Waals surface area contributed by atoms with Crippen LogP contribution < -0.4 is 20.7 Å². The Morgan fingerprint density at radius 2 is 1.92 bits per heavy atom. The fourth-order valence-corrected chi connectivity index (χ4v) is 4.79. The first kappa shape index (κ1) is 23.5. The van der Waals surface area contributed by atoms with Gasteiger partial charge in [-0.15, -0.1) is 0 Å². The van der Waals surface area contributed by atoms with Gasteiger partial charge in [0, 0.05) is 61.9 Å². The van der Waals surface area contributed by atoms with Gasteiger partial charge < -0.3 is 20.1 Å². The SMILES string of the molecule is O=C(NCCN1CCOCC1)c1ccc(Nc2ccc(-c3ccc4c(c3)CNCO4)n3ccnc23)cc1. The van der Waals surface area contributed by atoms with E-state index in [1.54, 1.807) is 6.20 Å². The largest absolute Gasteiger partial charge is 0.478 e. The van der Waals surface area contributed by atoms with Gasteiger partial charge in [-0.25, -0.2) is 4.98 Å². The Kier molecular flexibility index (Phi) is 6.72. The molecular weight excluding hydrogens is 468 g/mol. The number of nitrogens with one attached hydrogen (secondary N) is 3. The number of fused-ring (bicyclic) bond motifs is 2. The summed E-state index contributed by atoms with van der Waals surface area (Å²) in [5, 5.41) is 9.70. The molecule has 4 aromatic rings. The molecule has 1 amide bonds. The highest BCUT2D eigenvalue weighted by atomic mass is 16.5. The van der Waals surface area contributed by atoms with E-state index >= 15 is 0 Å². The standard InChI is InChI=1S/C28H30N6O3/c35-28(31-9-11-33-13-15-36-16-14-33)20-1-4-23(5-2-20)32-24-6-7-25(34-12-10-30-27(24)34)21-3-8-26-22(17-21)18-29-19-37-26/h1-8,10,12,17,29,32H,9,11,13-16,18-19H2,(H,31,35). The van der Waals surface area contributed by atoms with Gasteiger partial charge in [-0.05, 0) is 60.2 Å². The van der Waals surface area contributed by atoms with Crippen molar-refractivity contribution in [3.63, 3.8) is 0 Å². The summed E-state index contributed by atoms with van der Waals surface area (Å²) in [6.45, 7) is 6.14. The fourth-order valence-electron chi connectivity index (χ4n) is 4.79. The van der Waals surface area contributed by atoms with Crippen molar-refractivity contribution in [2.24, 2.45) is 0 Å². The number of amides is 1. The number of anilines is 2. The third kappa shape index (κ3) is 5.15. The number of pyridine rings is 1. The van der Waals surface area contributed by atoms with Gasteiger partial charge in [-0.2, -0.15) is 0 Å². The van der Waals surface area contributed by atoms with Crippen LogP contribution in [0.15, 0.2) is 67.0 Å². The van der Waals surface area contributed by atoms with Gasteiger partial charge in [0.15, 0.2) is 5.65 Å². The lowest BCUT2D eigenvalue weighted by molar-refractivity contribution is 0.0383. The zero-order valence-electron chi connectivity index (χ0n) is 20.6. The summed E-state index contributed by atoms with van der Waals surface area (Å²) in [5.74, 6) is 0.863. The Labute approximate surface area is 215 Å². The number of benzene rings is 2. The number of carbonyl (C=O) groups excluding carboxylic acids is 1. The number of hydrogen-bond donors (Lipinski definition) is 3. The summed E-state index contributed by atoms with van der Waals surface area (Å²) in [6, 6.07) is 17.9. The Balaban J connectivity index is 1.13. The molecule has 9 heteroatoms. The first-order valence-corrected chi connectivity index (χ1v) is 12.6. The number of hydrogen-bond acceptors (Lipinski definition) is 7. The van der Waals surface area contributed by atoms with Crippen molar-refractivity contribution in [3.8, 4) is 17.0 Å². The number of nitrogens with zero attached hydrogens (tertiary/aromatic N) is 3. The maximum Gasteiger partial charge on any atom is 0.251 e. The van der Waals surface area contributed by atoms with Crippen molar-refractivity contribution in [2.75, 3.05) is 51.4 Å². The molecule has 1 saturated heterocycles. The van der Waals surface area contributed by atoms with Crippen molar-refractivity contribution in [1.29, 1.82) is 0 Å². The quantitative estimate of drug-likeness (QED) is 0.360. The van der Waals surface area contributed by atoms with E-state index in [-0.39, 0.29) is 5.91 Å². The van der Waals surface area contributed by atoms with Gasteiger partial charge >= 0.3 is 0 Å². The van der Waals surface area contributed by atoms with Gasteiger partial charge in [0.05, 0.1) is 24.6 Å². The summed E-state index contributed by atoms with van der Waals surface area (Å²) in [4.78, 5) is 19.5. The first-order chi connectivity index (χ1) is 18.2. The highest BCUT2D eigenvalue weighted by molar-refractivity contribution is 5.94. The van der Waals surface area contributed by atoms with E-state index in [1.807, 2.05) is 42.6 Å².